The van der Waals surface area contributed by atoms with Crippen molar-refractivity contribution in [2.24, 2.45) is 0 Å². The van der Waals surface area contributed by atoms with E-state index in [0.717, 1.165) is 11.3 Å². The molecular formula is C16H12N4O3S. The van der Waals surface area contributed by atoms with Crippen LogP contribution in [0.25, 0.3) is 22.4 Å². The minimum absolute atomic E-state index is 0.156. The molecule has 24 heavy (non-hydrogen) atoms. The molecule has 3 heterocycles. The Labute approximate surface area is 140 Å². The van der Waals surface area contributed by atoms with Crippen molar-refractivity contribution in [2.45, 2.75) is 17.9 Å². The zero-order valence-corrected chi connectivity index (χ0v) is 13.5. The predicted octanol–water partition coefficient (Wildman–Crippen LogP) is 3.17. The van der Waals surface area contributed by atoms with Crippen LogP contribution < -0.4 is 5.56 Å². The summed E-state index contributed by atoms with van der Waals surface area (Å²) in [4.78, 5) is 19.3. The number of aromatic amines is 1. The highest BCUT2D eigenvalue weighted by Gasteiger charge is 2.14. The lowest BCUT2D eigenvalue weighted by atomic mass is 10.2. The highest BCUT2D eigenvalue weighted by Crippen LogP contribution is 2.27. The number of aromatic nitrogens is 4. The third-order valence-corrected chi connectivity index (χ3v) is 4.32. The zero-order valence-electron chi connectivity index (χ0n) is 12.6. The van der Waals surface area contributed by atoms with E-state index in [1.54, 1.807) is 18.4 Å². The van der Waals surface area contributed by atoms with Crippen LogP contribution in [-0.2, 0) is 5.75 Å². The van der Waals surface area contributed by atoms with Gasteiger partial charge in [0.05, 0.1) is 28.5 Å². The van der Waals surface area contributed by atoms with Crippen LogP contribution in [0.2, 0.25) is 0 Å². The van der Waals surface area contributed by atoms with E-state index in [1.807, 2.05) is 25.1 Å². The van der Waals surface area contributed by atoms with Crippen molar-refractivity contribution in [3.8, 4) is 11.5 Å². The number of nitrogens with zero attached hydrogens (tertiary/aromatic N) is 3. The van der Waals surface area contributed by atoms with E-state index >= 15 is 0 Å². The van der Waals surface area contributed by atoms with Crippen LogP contribution in [0.1, 0.15) is 11.6 Å². The first kappa shape index (κ1) is 14.7. The van der Waals surface area contributed by atoms with Gasteiger partial charge in [-0.1, -0.05) is 23.9 Å². The van der Waals surface area contributed by atoms with E-state index in [0.29, 0.717) is 33.6 Å². The quantitative estimate of drug-likeness (QED) is 0.570. The molecule has 0 aliphatic carbocycles. The molecule has 1 aromatic carbocycles. The molecule has 8 heteroatoms. The van der Waals surface area contributed by atoms with Gasteiger partial charge in [-0.2, -0.15) is 0 Å². The van der Waals surface area contributed by atoms with Crippen molar-refractivity contribution in [1.82, 2.24) is 20.2 Å². The SMILES string of the molecule is Cc1occc1-c1nnc(SCc2nc3ccccc3c(=O)[nH]2)o1. The average Bonchev–Trinajstić information content (AvgIpc) is 3.21. The largest absolute Gasteiger partial charge is 0.469 e. The minimum Gasteiger partial charge on any atom is -0.469 e. The Morgan fingerprint density at radius 2 is 2.08 bits per heavy atom. The minimum atomic E-state index is -0.156. The van der Waals surface area contributed by atoms with Gasteiger partial charge in [-0.3, -0.25) is 4.79 Å². The van der Waals surface area contributed by atoms with Crippen LogP contribution >= 0.6 is 11.8 Å². The van der Waals surface area contributed by atoms with Crippen LogP contribution in [0.3, 0.4) is 0 Å². The Kier molecular flexibility index (Phi) is 3.66. The van der Waals surface area contributed by atoms with Gasteiger partial charge in [0.1, 0.15) is 11.6 Å². The Bertz CT molecular complexity index is 1070. The monoisotopic (exact) mass is 340 g/mol. The number of fused-ring (bicyclic) bond motifs is 1. The molecule has 0 aliphatic heterocycles. The number of furan rings is 1. The fourth-order valence-electron chi connectivity index (χ4n) is 2.32. The van der Waals surface area contributed by atoms with Gasteiger partial charge < -0.3 is 13.8 Å². The summed E-state index contributed by atoms with van der Waals surface area (Å²) in [6, 6.07) is 9.00. The molecular weight excluding hydrogens is 328 g/mol. The Hall–Kier alpha value is -2.87. The number of rotatable bonds is 4. The van der Waals surface area contributed by atoms with E-state index in [4.69, 9.17) is 8.83 Å². The van der Waals surface area contributed by atoms with Crippen LogP contribution in [0.15, 0.2) is 55.4 Å². The number of hydrogen-bond donors (Lipinski definition) is 1. The van der Waals surface area contributed by atoms with Crippen molar-refractivity contribution >= 4 is 22.7 Å². The van der Waals surface area contributed by atoms with Crippen molar-refractivity contribution in [3.63, 3.8) is 0 Å². The summed E-state index contributed by atoms with van der Waals surface area (Å²) < 4.78 is 10.8. The molecule has 0 atom stereocenters. The number of aryl methyl sites for hydroxylation is 1. The van der Waals surface area contributed by atoms with Crippen LogP contribution in [0, 0.1) is 6.92 Å². The highest BCUT2D eigenvalue weighted by atomic mass is 32.2. The maximum Gasteiger partial charge on any atom is 0.277 e. The van der Waals surface area contributed by atoms with E-state index in [2.05, 4.69) is 20.2 Å². The van der Waals surface area contributed by atoms with E-state index in [-0.39, 0.29) is 5.56 Å². The smallest absolute Gasteiger partial charge is 0.277 e. The second-order valence-corrected chi connectivity index (χ2v) is 6.01. The summed E-state index contributed by atoms with van der Waals surface area (Å²) in [6.07, 6.45) is 1.57. The number of nitrogens with one attached hydrogen (secondary N) is 1. The van der Waals surface area contributed by atoms with Crippen LogP contribution in [-0.4, -0.2) is 20.2 Å². The number of thioether (sulfide) groups is 1. The summed E-state index contributed by atoms with van der Waals surface area (Å²) in [5.74, 6) is 2.11. The normalized spacial score (nSPS) is 11.2. The molecule has 120 valence electrons. The topological polar surface area (TPSA) is 97.8 Å². The number of para-hydroxylation sites is 1. The number of benzene rings is 1. The lowest BCUT2D eigenvalue weighted by Crippen LogP contribution is -2.11. The van der Waals surface area contributed by atoms with Gasteiger partial charge in [0.2, 0.25) is 0 Å². The molecule has 0 fully saturated rings. The standard InChI is InChI=1S/C16H12N4O3S/c1-9-10(6-7-22-9)15-19-20-16(23-15)24-8-13-17-12-5-3-2-4-11(12)14(21)18-13/h2-7H,8H2,1H3,(H,17,18,21). The Morgan fingerprint density at radius 3 is 2.92 bits per heavy atom. The van der Waals surface area contributed by atoms with Gasteiger partial charge in [-0.05, 0) is 25.1 Å². The fourth-order valence-corrected chi connectivity index (χ4v) is 2.95. The molecule has 0 bridgehead atoms. The highest BCUT2D eigenvalue weighted by molar-refractivity contribution is 7.98. The molecule has 0 saturated heterocycles. The molecule has 0 spiro atoms. The summed E-state index contributed by atoms with van der Waals surface area (Å²) in [5.41, 5.74) is 1.28. The van der Waals surface area contributed by atoms with Crippen LogP contribution in [0.5, 0.6) is 0 Å². The molecule has 0 amide bonds. The van der Waals surface area contributed by atoms with Crippen LogP contribution in [0.4, 0.5) is 0 Å². The van der Waals surface area contributed by atoms with Gasteiger partial charge >= 0.3 is 0 Å². The number of hydrogen-bond acceptors (Lipinski definition) is 7. The summed E-state index contributed by atoms with van der Waals surface area (Å²) in [6.45, 7) is 1.83. The summed E-state index contributed by atoms with van der Waals surface area (Å²) in [7, 11) is 0. The van der Waals surface area contributed by atoms with Crippen molar-refractivity contribution in [2.75, 3.05) is 0 Å². The molecule has 1 N–H and O–H groups in total. The van der Waals surface area contributed by atoms with Gasteiger partial charge in [0.15, 0.2) is 0 Å². The molecule has 7 nitrogen and oxygen atoms in total. The predicted molar refractivity (Wildman–Crippen MR) is 88.7 cm³/mol. The second kappa shape index (κ2) is 5.97. The molecule has 4 aromatic rings. The van der Waals surface area contributed by atoms with Crippen molar-refractivity contribution in [1.29, 1.82) is 0 Å². The molecule has 3 aromatic heterocycles. The van der Waals surface area contributed by atoms with Crippen molar-refractivity contribution < 1.29 is 8.83 Å². The second-order valence-electron chi connectivity index (χ2n) is 5.08. The summed E-state index contributed by atoms with van der Waals surface area (Å²) >= 11 is 1.31. The summed E-state index contributed by atoms with van der Waals surface area (Å²) in [5, 5.41) is 8.98. The first-order chi connectivity index (χ1) is 11.7. The maximum absolute atomic E-state index is 12.0. The van der Waals surface area contributed by atoms with Gasteiger partial charge in [0, 0.05) is 0 Å². The first-order valence-corrected chi connectivity index (χ1v) is 8.18. The lowest BCUT2D eigenvalue weighted by Gasteiger charge is -2.00. The third kappa shape index (κ3) is 2.71. The molecule has 0 radical (unpaired) electrons. The van der Waals surface area contributed by atoms with Crippen molar-refractivity contribution in [3.05, 3.63) is 58.5 Å². The third-order valence-electron chi connectivity index (χ3n) is 3.49. The Balaban J connectivity index is 1.54. The van der Waals surface area contributed by atoms with E-state index < -0.39 is 0 Å². The molecule has 0 aliphatic rings. The number of H-pyrrole nitrogens is 1. The molecule has 0 unspecified atom stereocenters. The molecule has 4 rings (SSSR count). The first-order valence-electron chi connectivity index (χ1n) is 7.19. The van der Waals surface area contributed by atoms with Gasteiger partial charge in [-0.25, -0.2) is 4.98 Å². The Morgan fingerprint density at radius 1 is 1.21 bits per heavy atom. The maximum atomic E-state index is 12.0. The average molecular weight is 340 g/mol. The van der Waals surface area contributed by atoms with Gasteiger partial charge in [-0.15, -0.1) is 10.2 Å². The fraction of sp³-hybridized carbons (Fsp3) is 0.125. The zero-order chi connectivity index (χ0) is 16.5. The lowest BCUT2D eigenvalue weighted by molar-refractivity contribution is 0.463. The van der Waals surface area contributed by atoms with E-state index in [1.165, 1.54) is 11.8 Å². The van der Waals surface area contributed by atoms with E-state index in [9.17, 15) is 4.79 Å². The molecule has 0 saturated carbocycles. The van der Waals surface area contributed by atoms with Gasteiger partial charge in [0.25, 0.3) is 16.7 Å².